The van der Waals surface area contributed by atoms with Gasteiger partial charge in [-0.3, -0.25) is 4.90 Å². The van der Waals surface area contributed by atoms with Crippen LogP contribution in [0.2, 0.25) is 0 Å². The third kappa shape index (κ3) is 3.69. The molecule has 2 aliphatic rings. The maximum atomic E-state index is 14.1. The largest absolute Gasteiger partial charge is 0.484 e. The Morgan fingerprint density at radius 1 is 1.19 bits per heavy atom. The van der Waals surface area contributed by atoms with Crippen molar-refractivity contribution >= 4 is 0 Å². The highest BCUT2D eigenvalue weighted by atomic mass is 19.1. The first-order valence-electron chi connectivity index (χ1n) is 9.59. The van der Waals surface area contributed by atoms with Gasteiger partial charge in [0.25, 0.3) is 0 Å². The van der Waals surface area contributed by atoms with E-state index in [1.54, 1.807) is 6.07 Å². The molecular weight excluding hydrogens is 341 g/mol. The molecule has 5 heteroatoms. The smallest absolute Gasteiger partial charge is 0.144 e. The molecule has 140 valence electrons. The summed E-state index contributed by atoms with van der Waals surface area (Å²) in [7, 11) is 0. The topological polar surface area (TPSA) is 62.3 Å². The molecule has 27 heavy (non-hydrogen) atoms. The van der Waals surface area contributed by atoms with E-state index in [0.717, 1.165) is 44.3 Å². The predicted octanol–water partition coefficient (Wildman–Crippen LogP) is 3.56. The summed E-state index contributed by atoms with van der Waals surface area (Å²) in [4.78, 5) is 2.44. The SMILES string of the molecule is N#Cc1ccc(O[C@H]2c3ccccc3CC[C@@H]2N2CCC[C@H](N)C2)cc1F. The Morgan fingerprint density at radius 3 is 2.81 bits per heavy atom. The summed E-state index contributed by atoms with van der Waals surface area (Å²) in [6, 6.07) is 15.1. The number of fused-ring (bicyclic) bond motifs is 1. The number of halogens is 1. The number of nitrogens with two attached hydrogens (primary N) is 1. The van der Waals surface area contributed by atoms with Gasteiger partial charge in [0.15, 0.2) is 0 Å². The number of likely N-dealkylation sites (tertiary alicyclic amines) is 1. The Kier molecular flexibility index (Phi) is 5.11. The Hall–Kier alpha value is -2.42. The van der Waals surface area contributed by atoms with Gasteiger partial charge in [0, 0.05) is 18.7 Å². The summed E-state index contributed by atoms with van der Waals surface area (Å²) in [5.41, 5.74) is 8.70. The number of nitrogens with zero attached hydrogens (tertiary/aromatic N) is 2. The van der Waals surface area contributed by atoms with Crippen LogP contribution in [-0.4, -0.2) is 30.1 Å². The summed E-state index contributed by atoms with van der Waals surface area (Å²) >= 11 is 0. The lowest BCUT2D eigenvalue weighted by Crippen LogP contribution is -2.51. The van der Waals surface area contributed by atoms with Gasteiger partial charge in [-0.05, 0) is 55.5 Å². The fraction of sp³-hybridized carbons (Fsp3) is 0.409. The minimum Gasteiger partial charge on any atom is -0.484 e. The molecule has 0 spiro atoms. The van der Waals surface area contributed by atoms with Crippen LogP contribution in [-0.2, 0) is 6.42 Å². The Morgan fingerprint density at radius 2 is 2.04 bits per heavy atom. The lowest BCUT2D eigenvalue weighted by Gasteiger charge is -2.43. The molecule has 0 bridgehead atoms. The number of piperidine rings is 1. The molecule has 1 aliphatic carbocycles. The van der Waals surface area contributed by atoms with E-state index in [-0.39, 0.29) is 23.8 Å². The number of benzene rings is 2. The molecule has 0 amide bonds. The molecule has 2 aromatic carbocycles. The summed E-state index contributed by atoms with van der Waals surface area (Å²) in [5.74, 6) is -0.0878. The molecule has 4 nitrogen and oxygen atoms in total. The van der Waals surface area contributed by atoms with Crippen LogP contribution in [0.25, 0.3) is 0 Å². The molecule has 1 aliphatic heterocycles. The predicted molar refractivity (Wildman–Crippen MR) is 102 cm³/mol. The van der Waals surface area contributed by atoms with E-state index in [2.05, 4.69) is 23.1 Å². The number of nitriles is 1. The first-order chi connectivity index (χ1) is 13.2. The molecule has 1 heterocycles. The van der Waals surface area contributed by atoms with E-state index >= 15 is 0 Å². The molecule has 0 aromatic heterocycles. The van der Waals surface area contributed by atoms with Crippen LogP contribution >= 0.6 is 0 Å². The van der Waals surface area contributed by atoms with Gasteiger partial charge in [0.2, 0.25) is 0 Å². The highest BCUT2D eigenvalue weighted by molar-refractivity contribution is 5.38. The lowest BCUT2D eigenvalue weighted by molar-refractivity contribution is 0.0366. The zero-order valence-corrected chi connectivity index (χ0v) is 15.3. The van der Waals surface area contributed by atoms with Crippen molar-refractivity contribution in [2.24, 2.45) is 5.73 Å². The van der Waals surface area contributed by atoms with E-state index in [0.29, 0.717) is 5.75 Å². The van der Waals surface area contributed by atoms with Crippen molar-refractivity contribution in [2.75, 3.05) is 13.1 Å². The van der Waals surface area contributed by atoms with Crippen molar-refractivity contribution < 1.29 is 9.13 Å². The van der Waals surface area contributed by atoms with Crippen LogP contribution in [0.15, 0.2) is 42.5 Å². The number of aryl methyl sites for hydroxylation is 1. The van der Waals surface area contributed by atoms with Gasteiger partial charge in [-0.25, -0.2) is 4.39 Å². The first kappa shape index (κ1) is 18.0. The minimum absolute atomic E-state index is 0.0324. The molecule has 2 aromatic rings. The maximum absolute atomic E-state index is 14.1. The van der Waals surface area contributed by atoms with Crippen LogP contribution in [0.4, 0.5) is 4.39 Å². The highest BCUT2D eigenvalue weighted by Crippen LogP contribution is 2.37. The summed E-state index contributed by atoms with van der Waals surface area (Å²) in [6.45, 7) is 1.89. The van der Waals surface area contributed by atoms with Gasteiger partial charge in [-0.1, -0.05) is 24.3 Å². The Labute approximate surface area is 159 Å². The second-order valence-electron chi connectivity index (χ2n) is 7.49. The molecule has 3 atom stereocenters. The standard InChI is InChI=1S/C22H24FN3O/c23-20-12-18(9-7-16(20)13-24)27-22-19-6-2-1-4-15(19)8-10-21(22)26-11-3-5-17(25)14-26/h1-2,4,6-7,9,12,17,21-22H,3,5,8,10-11,14,25H2/t17-,21-,22-/m0/s1. The number of hydrogen-bond acceptors (Lipinski definition) is 4. The summed E-state index contributed by atoms with van der Waals surface area (Å²) in [5, 5.41) is 8.95. The summed E-state index contributed by atoms with van der Waals surface area (Å²) in [6.07, 6.45) is 3.98. The maximum Gasteiger partial charge on any atom is 0.144 e. The van der Waals surface area contributed by atoms with E-state index < -0.39 is 5.82 Å². The molecule has 0 saturated carbocycles. The number of rotatable bonds is 3. The van der Waals surface area contributed by atoms with Gasteiger partial charge in [-0.2, -0.15) is 5.26 Å². The van der Waals surface area contributed by atoms with Crippen molar-refractivity contribution in [2.45, 2.75) is 43.9 Å². The third-order valence-corrected chi connectivity index (χ3v) is 5.70. The average molecular weight is 365 g/mol. The van der Waals surface area contributed by atoms with Gasteiger partial charge >= 0.3 is 0 Å². The average Bonchev–Trinajstić information content (AvgIpc) is 2.68. The van der Waals surface area contributed by atoms with Gasteiger partial charge in [0.05, 0.1) is 11.6 Å². The quantitative estimate of drug-likeness (QED) is 0.903. The van der Waals surface area contributed by atoms with Crippen LogP contribution in [0.1, 0.15) is 42.1 Å². The second-order valence-corrected chi connectivity index (χ2v) is 7.49. The number of hydrogen-bond donors (Lipinski definition) is 1. The Balaban J connectivity index is 1.66. The van der Waals surface area contributed by atoms with Crippen molar-refractivity contribution in [1.29, 1.82) is 5.26 Å². The second kappa shape index (κ2) is 7.67. The van der Waals surface area contributed by atoms with E-state index in [4.69, 9.17) is 15.7 Å². The third-order valence-electron chi connectivity index (χ3n) is 5.70. The van der Waals surface area contributed by atoms with Crippen molar-refractivity contribution in [3.8, 4) is 11.8 Å². The molecule has 1 saturated heterocycles. The molecule has 0 unspecified atom stereocenters. The molecule has 4 rings (SSSR count). The molecular formula is C22H24FN3O. The van der Waals surface area contributed by atoms with Crippen molar-refractivity contribution in [1.82, 2.24) is 4.90 Å². The number of ether oxygens (including phenoxy) is 1. The van der Waals surface area contributed by atoms with Crippen molar-refractivity contribution in [3.05, 3.63) is 65.0 Å². The molecule has 0 radical (unpaired) electrons. The summed E-state index contributed by atoms with van der Waals surface area (Å²) < 4.78 is 20.4. The minimum atomic E-state index is -0.546. The zero-order valence-electron chi connectivity index (χ0n) is 15.3. The first-order valence-corrected chi connectivity index (χ1v) is 9.59. The van der Waals surface area contributed by atoms with E-state index in [9.17, 15) is 4.39 Å². The molecule has 2 N–H and O–H groups in total. The zero-order chi connectivity index (χ0) is 18.8. The van der Waals surface area contributed by atoms with Crippen LogP contribution in [0.3, 0.4) is 0 Å². The van der Waals surface area contributed by atoms with Gasteiger partial charge < -0.3 is 10.5 Å². The van der Waals surface area contributed by atoms with Gasteiger partial charge in [0.1, 0.15) is 23.7 Å². The van der Waals surface area contributed by atoms with Gasteiger partial charge in [-0.15, -0.1) is 0 Å². The normalized spacial score (nSPS) is 25.4. The Bertz CT molecular complexity index is 863. The van der Waals surface area contributed by atoms with Crippen LogP contribution < -0.4 is 10.5 Å². The van der Waals surface area contributed by atoms with Crippen LogP contribution in [0.5, 0.6) is 5.75 Å². The van der Waals surface area contributed by atoms with E-state index in [1.165, 1.54) is 17.7 Å². The molecule has 1 fully saturated rings. The fourth-order valence-electron chi connectivity index (χ4n) is 4.37. The van der Waals surface area contributed by atoms with Crippen LogP contribution in [0, 0.1) is 17.1 Å². The fourth-order valence-corrected chi connectivity index (χ4v) is 4.37. The highest BCUT2D eigenvalue weighted by Gasteiger charge is 2.36. The van der Waals surface area contributed by atoms with E-state index in [1.807, 2.05) is 12.1 Å². The monoisotopic (exact) mass is 365 g/mol. The van der Waals surface area contributed by atoms with Crippen molar-refractivity contribution in [3.63, 3.8) is 0 Å². The lowest BCUT2D eigenvalue weighted by atomic mass is 9.84.